The molecule has 1 aliphatic rings. The summed E-state index contributed by atoms with van der Waals surface area (Å²) in [4.78, 5) is 38.9. The lowest BCUT2D eigenvalue weighted by atomic mass is 10.1. The lowest BCUT2D eigenvalue weighted by Gasteiger charge is -2.15. The fraction of sp³-hybridized carbons (Fsp3) is 0.417. The molecule has 1 aliphatic heterocycles. The molecule has 0 spiro atoms. The lowest BCUT2D eigenvalue weighted by molar-refractivity contribution is -0.121. The maximum atomic E-state index is 12.1. The topological polar surface area (TPSA) is 96.3 Å². The predicted octanol–water partition coefficient (Wildman–Crippen LogP) is -0.369. The third-order valence-corrected chi connectivity index (χ3v) is 3.16. The van der Waals surface area contributed by atoms with Gasteiger partial charge in [0, 0.05) is 18.8 Å². The van der Waals surface area contributed by atoms with Gasteiger partial charge in [0.1, 0.15) is 5.56 Å². The van der Waals surface area contributed by atoms with Crippen LogP contribution in [0.5, 0.6) is 0 Å². The van der Waals surface area contributed by atoms with Crippen molar-refractivity contribution < 1.29 is 9.59 Å². The number of H-pyrrole nitrogens is 1. The Morgan fingerprint density at radius 3 is 2.72 bits per heavy atom. The number of aryl methyl sites for hydroxylation is 1. The highest BCUT2D eigenvalue weighted by Crippen LogP contribution is 2.17. The largest absolute Gasteiger partial charge is 0.369 e. The number of nitrogens with two attached hydrogens (primary N) is 1. The van der Waals surface area contributed by atoms with E-state index in [4.69, 9.17) is 5.73 Å². The molecule has 0 aromatic carbocycles. The van der Waals surface area contributed by atoms with E-state index in [-0.39, 0.29) is 17.4 Å². The zero-order valence-corrected chi connectivity index (χ0v) is 10.1. The van der Waals surface area contributed by atoms with Crippen LogP contribution >= 0.6 is 0 Å². The third kappa shape index (κ3) is 2.27. The highest BCUT2D eigenvalue weighted by atomic mass is 16.2. The molecule has 3 N–H and O–H groups in total. The zero-order valence-electron chi connectivity index (χ0n) is 10.1. The van der Waals surface area contributed by atoms with Crippen LogP contribution in [0, 0.1) is 12.8 Å². The van der Waals surface area contributed by atoms with Crippen molar-refractivity contribution in [2.75, 3.05) is 13.1 Å². The van der Waals surface area contributed by atoms with Crippen molar-refractivity contribution in [2.24, 2.45) is 11.7 Å². The molecule has 1 unspecified atom stereocenters. The number of aromatic amines is 1. The summed E-state index contributed by atoms with van der Waals surface area (Å²) in [7, 11) is 0. The fourth-order valence-corrected chi connectivity index (χ4v) is 2.09. The maximum Gasteiger partial charge on any atom is 0.260 e. The number of primary amides is 1. The number of likely N-dealkylation sites (tertiary alicyclic amines) is 1. The van der Waals surface area contributed by atoms with Crippen LogP contribution in [-0.2, 0) is 4.79 Å². The van der Waals surface area contributed by atoms with Crippen LogP contribution in [0.1, 0.15) is 22.5 Å². The van der Waals surface area contributed by atoms with Gasteiger partial charge < -0.3 is 15.6 Å². The Morgan fingerprint density at radius 2 is 2.17 bits per heavy atom. The second-order valence-corrected chi connectivity index (χ2v) is 4.52. The van der Waals surface area contributed by atoms with Gasteiger partial charge in [-0.05, 0) is 25.5 Å². The molecule has 0 saturated carbocycles. The smallest absolute Gasteiger partial charge is 0.260 e. The van der Waals surface area contributed by atoms with E-state index in [1.807, 2.05) is 0 Å². The van der Waals surface area contributed by atoms with Crippen LogP contribution in [0.15, 0.2) is 16.9 Å². The van der Waals surface area contributed by atoms with Crippen LogP contribution in [0.4, 0.5) is 0 Å². The summed E-state index contributed by atoms with van der Waals surface area (Å²) in [6.45, 7) is 2.50. The molecule has 6 heteroatoms. The summed E-state index contributed by atoms with van der Waals surface area (Å²) < 4.78 is 0. The minimum absolute atomic E-state index is 0.103. The molecule has 18 heavy (non-hydrogen) atoms. The molecule has 2 rings (SSSR count). The van der Waals surface area contributed by atoms with Crippen molar-refractivity contribution in [2.45, 2.75) is 13.3 Å². The first-order valence-corrected chi connectivity index (χ1v) is 5.77. The van der Waals surface area contributed by atoms with Crippen LogP contribution in [0.3, 0.4) is 0 Å². The van der Waals surface area contributed by atoms with E-state index in [0.717, 1.165) is 0 Å². The van der Waals surface area contributed by atoms with Crippen molar-refractivity contribution in [3.63, 3.8) is 0 Å². The molecule has 6 nitrogen and oxygen atoms in total. The average molecular weight is 249 g/mol. The average Bonchev–Trinajstić information content (AvgIpc) is 2.77. The van der Waals surface area contributed by atoms with E-state index in [0.29, 0.717) is 25.2 Å². The molecule has 2 amide bonds. The van der Waals surface area contributed by atoms with E-state index in [1.54, 1.807) is 13.0 Å². The molecule has 0 aliphatic carbocycles. The van der Waals surface area contributed by atoms with Gasteiger partial charge in [-0.2, -0.15) is 0 Å². The number of hydrogen-bond donors (Lipinski definition) is 2. The van der Waals surface area contributed by atoms with E-state index in [2.05, 4.69) is 4.98 Å². The summed E-state index contributed by atoms with van der Waals surface area (Å²) in [6, 6.07) is 3.18. The van der Waals surface area contributed by atoms with E-state index < -0.39 is 11.5 Å². The summed E-state index contributed by atoms with van der Waals surface area (Å²) in [6.07, 6.45) is 0.560. The number of carbonyl (C=O) groups is 2. The van der Waals surface area contributed by atoms with Gasteiger partial charge in [0.05, 0.1) is 5.92 Å². The van der Waals surface area contributed by atoms with Gasteiger partial charge in [-0.25, -0.2) is 0 Å². The molecular weight excluding hydrogens is 234 g/mol. The minimum Gasteiger partial charge on any atom is -0.369 e. The van der Waals surface area contributed by atoms with Crippen LogP contribution in [0.25, 0.3) is 0 Å². The van der Waals surface area contributed by atoms with Crippen molar-refractivity contribution in [1.29, 1.82) is 0 Å². The predicted molar refractivity (Wildman–Crippen MR) is 65.0 cm³/mol. The molecule has 96 valence electrons. The molecule has 1 atom stereocenters. The number of pyridine rings is 1. The van der Waals surface area contributed by atoms with Gasteiger partial charge in [0.15, 0.2) is 0 Å². The first kappa shape index (κ1) is 12.3. The van der Waals surface area contributed by atoms with Gasteiger partial charge >= 0.3 is 0 Å². The highest BCUT2D eigenvalue weighted by Gasteiger charge is 2.30. The normalized spacial score (nSPS) is 18.9. The number of nitrogens with zero attached hydrogens (tertiary/aromatic N) is 1. The third-order valence-electron chi connectivity index (χ3n) is 3.16. The number of aromatic nitrogens is 1. The maximum absolute atomic E-state index is 12.1. The molecule has 0 radical (unpaired) electrons. The fourth-order valence-electron chi connectivity index (χ4n) is 2.09. The Balaban J connectivity index is 2.18. The Labute approximate surface area is 104 Å². The zero-order chi connectivity index (χ0) is 13.3. The summed E-state index contributed by atoms with van der Waals surface area (Å²) in [5.74, 6) is -1.05. The first-order valence-electron chi connectivity index (χ1n) is 5.77. The number of nitrogens with one attached hydrogen (secondary N) is 1. The Bertz CT molecular complexity index is 550. The standard InChI is InChI=1S/C12H15N3O3/c1-7-2-3-9(11(17)14-7)12(18)15-5-4-8(6-15)10(13)16/h2-3,8H,4-6H2,1H3,(H2,13,16)(H,14,17). The molecule has 0 bridgehead atoms. The summed E-state index contributed by atoms with van der Waals surface area (Å²) in [5.41, 5.74) is 5.61. The monoisotopic (exact) mass is 249 g/mol. The number of rotatable bonds is 2. The van der Waals surface area contributed by atoms with Crippen LogP contribution < -0.4 is 11.3 Å². The van der Waals surface area contributed by atoms with E-state index in [9.17, 15) is 14.4 Å². The van der Waals surface area contributed by atoms with Gasteiger partial charge in [-0.15, -0.1) is 0 Å². The molecule has 1 aromatic rings. The van der Waals surface area contributed by atoms with Crippen LogP contribution in [-0.4, -0.2) is 34.8 Å². The number of amides is 2. The molecule has 1 aromatic heterocycles. The molecule has 2 heterocycles. The second kappa shape index (κ2) is 4.64. The first-order chi connectivity index (χ1) is 8.49. The quantitative estimate of drug-likeness (QED) is 0.748. The summed E-state index contributed by atoms with van der Waals surface area (Å²) >= 11 is 0. The second-order valence-electron chi connectivity index (χ2n) is 4.52. The van der Waals surface area contributed by atoms with E-state index in [1.165, 1.54) is 11.0 Å². The van der Waals surface area contributed by atoms with Crippen molar-refractivity contribution >= 4 is 11.8 Å². The summed E-state index contributed by atoms with van der Waals surface area (Å²) in [5, 5.41) is 0. The Kier molecular flexibility index (Phi) is 3.18. The lowest BCUT2D eigenvalue weighted by Crippen LogP contribution is -2.34. The Hall–Kier alpha value is -2.11. The van der Waals surface area contributed by atoms with Gasteiger partial charge in [0.2, 0.25) is 5.91 Å². The van der Waals surface area contributed by atoms with Crippen molar-refractivity contribution in [3.05, 3.63) is 33.7 Å². The van der Waals surface area contributed by atoms with Crippen molar-refractivity contribution in [1.82, 2.24) is 9.88 Å². The van der Waals surface area contributed by atoms with Crippen molar-refractivity contribution in [3.8, 4) is 0 Å². The van der Waals surface area contributed by atoms with E-state index >= 15 is 0 Å². The van der Waals surface area contributed by atoms with Gasteiger partial charge in [-0.1, -0.05) is 0 Å². The SMILES string of the molecule is Cc1ccc(C(=O)N2CCC(C(N)=O)C2)c(=O)[nH]1. The Morgan fingerprint density at radius 1 is 1.44 bits per heavy atom. The van der Waals surface area contributed by atoms with Crippen LogP contribution in [0.2, 0.25) is 0 Å². The molecule has 1 fully saturated rings. The minimum atomic E-state index is -0.400. The van der Waals surface area contributed by atoms with Gasteiger partial charge in [0.25, 0.3) is 11.5 Å². The highest BCUT2D eigenvalue weighted by molar-refractivity contribution is 5.94. The number of hydrogen-bond acceptors (Lipinski definition) is 3. The van der Waals surface area contributed by atoms with Gasteiger partial charge in [-0.3, -0.25) is 14.4 Å². The molecular formula is C12H15N3O3. The number of carbonyl (C=O) groups excluding carboxylic acids is 2. The molecule has 1 saturated heterocycles.